The van der Waals surface area contributed by atoms with Crippen LogP contribution in [0.3, 0.4) is 0 Å². The van der Waals surface area contributed by atoms with Gasteiger partial charge in [0.15, 0.2) is 12.0 Å². The van der Waals surface area contributed by atoms with Crippen LogP contribution in [-0.4, -0.2) is 37.4 Å². The maximum atomic E-state index is 14.0. The summed E-state index contributed by atoms with van der Waals surface area (Å²) in [6.07, 6.45) is -6.67. The largest absolute Gasteiger partial charge is 0.465 e. The third kappa shape index (κ3) is 4.58. The zero-order valence-corrected chi connectivity index (χ0v) is 14.7. The number of hydrogen-bond acceptors (Lipinski definition) is 6. The van der Waals surface area contributed by atoms with E-state index in [1.807, 2.05) is 0 Å². The molecule has 0 radical (unpaired) electrons. The first-order valence-corrected chi connectivity index (χ1v) is 7.47. The van der Waals surface area contributed by atoms with E-state index in [-0.39, 0.29) is 6.42 Å². The smallest absolute Gasteiger partial charge is 0.434 e. The Hall–Kier alpha value is -2.59. The summed E-state index contributed by atoms with van der Waals surface area (Å²) in [5, 5.41) is 0. The van der Waals surface area contributed by atoms with Crippen molar-refractivity contribution in [3.8, 4) is 0 Å². The summed E-state index contributed by atoms with van der Waals surface area (Å²) in [6.45, 7) is 3.04. The van der Waals surface area contributed by atoms with Crippen LogP contribution in [0, 0.1) is 5.92 Å². The molecule has 0 aliphatic rings. The van der Waals surface area contributed by atoms with Crippen LogP contribution in [0.2, 0.25) is 0 Å². The Kier molecular flexibility index (Phi) is 6.63. The van der Waals surface area contributed by atoms with Gasteiger partial charge in [-0.15, -0.1) is 0 Å². The second-order valence-corrected chi connectivity index (χ2v) is 5.86. The van der Waals surface area contributed by atoms with Crippen LogP contribution in [0.1, 0.15) is 51.5 Å². The van der Waals surface area contributed by atoms with Gasteiger partial charge in [0.05, 0.1) is 25.3 Å². The molecule has 0 atom stereocenters. The number of alkyl halides is 5. The lowest BCUT2D eigenvalue weighted by Gasteiger charge is -2.23. The first-order valence-electron chi connectivity index (χ1n) is 7.47. The molecule has 1 rings (SSSR count). The number of methoxy groups -OCH3 is 2. The van der Waals surface area contributed by atoms with Crippen LogP contribution < -0.4 is 0 Å². The summed E-state index contributed by atoms with van der Waals surface area (Å²) in [7, 11) is 1.59. The first kappa shape index (κ1) is 22.5. The van der Waals surface area contributed by atoms with E-state index >= 15 is 0 Å². The van der Waals surface area contributed by atoms with Crippen molar-refractivity contribution in [2.45, 2.75) is 32.4 Å². The van der Waals surface area contributed by atoms with Gasteiger partial charge in [-0.25, -0.2) is 14.6 Å². The molecule has 1 heterocycles. The van der Waals surface area contributed by atoms with Gasteiger partial charge in [-0.1, -0.05) is 13.8 Å². The van der Waals surface area contributed by atoms with Crippen molar-refractivity contribution in [3.63, 3.8) is 0 Å². The number of aldehydes is 1. The number of nitrogens with zero attached hydrogens (tertiary/aromatic N) is 1. The van der Waals surface area contributed by atoms with Gasteiger partial charge in [-0.2, -0.15) is 22.0 Å². The number of carbonyl (C=O) groups is 3. The first-order chi connectivity index (χ1) is 12.3. The molecule has 0 saturated carbocycles. The topological polar surface area (TPSA) is 82.6 Å². The molecular weight excluding hydrogens is 381 g/mol. The Bertz CT molecular complexity index is 759. The summed E-state index contributed by atoms with van der Waals surface area (Å²) in [5.41, 5.74) is -6.64. The summed E-state index contributed by atoms with van der Waals surface area (Å²) in [6, 6.07) is 0. The van der Waals surface area contributed by atoms with Crippen LogP contribution in [0.5, 0.6) is 0 Å². The zero-order valence-electron chi connectivity index (χ0n) is 14.7. The lowest BCUT2D eigenvalue weighted by molar-refractivity contribution is -0.143. The highest BCUT2D eigenvalue weighted by molar-refractivity contribution is 6.00. The molecule has 0 aliphatic carbocycles. The van der Waals surface area contributed by atoms with E-state index in [0.717, 1.165) is 14.2 Å². The average molecular weight is 397 g/mol. The number of aromatic nitrogens is 1. The maximum absolute atomic E-state index is 14.0. The van der Waals surface area contributed by atoms with Crippen LogP contribution in [-0.2, 0) is 32.8 Å². The molecule has 27 heavy (non-hydrogen) atoms. The normalized spacial score (nSPS) is 12.1. The molecule has 0 amide bonds. The van der Waals surface area contributed by atoms with E-state index in [2.05, 4.69) is 14.5 Å². The number of carbonyl (C=O) groups excluding carboxylic acids is 3. The number of esters is 2. The molecule has 1 aromatic heterocycles. The minimum Gasteiger partial charge on any atom is -0.465 e. The summed E-state index contributed by atoms with van der Waals surface area (Å²) >= 11 is 0. The van der Waals surface area contributed by atoms with Crippen LogP contribution in [0.25, 0.3) is 0 Å². The molecule has 0 fully saturated rings. The predicted molar refractivity (Wildman–Crippen MR) is 80.4 cm³/mol. The summed E-state index contributed by atoms with van der Waals surface area (Å²) in [4.78, 5) is 37.6. The minimum absolute atomic E-state index is 0.387. The van der Waals surface area contributed by atoms with Gasteiger partial charge in [0.1, 0.15) is 5.69 Å². The fraction of sp³-hybridized carbons (Fsp3) is 0.500. The Balaban J connectivity index is 4.22. The van der Waals surface area contributed by atoms with E-state index < -0.39 is 64.3 Å². The number of halogens is 5. The number of pyridine rings is 1. The maximum Gasteiger partial charge on any atom is 0.434 e. The third-order valence-corrected chi connectivity index (χ3v) is 3.42. The molecule has 0 N–H and O–H groups in total. The predicted octanol–water partition coefficient (Wildman–Crippen LogP) is 3.16. The monoisotopic (exact) mass is 397 g/mol. The lowest BCUT2D eigenvalue weighted by atomic mass is 9.89. The Morgan fingerprint density at radius 3 is 1.78 bits per heavy atom. The highest BCUT2D eigenvalue weighted by atomic mass is 19.4. The van der Waals surface area contributed by atoms with E-state index in [0.29, 0.717) is 0 Å². The standard InChI is InChI=1S/C16H16F5NO5/c1-7(2)5-8-9(13(24)26-3)11(15(17,18)6-23)22-12(16(19,20)21)10(8)14(25)27-4/h6-7H,5H2,1-4H3. The molecule has 0 saturated heterocycles. The van der Waals surface area contributed by atoms with E-state index in [9.17, 15) is 36.3 Å². The molecule has 0 spiro atoms. The van der Waals surface area contributed by atoms with Crippen LogP contribution in [0.4, 0.5) is 22.0 Å². The van der Waals surface area contributed by atoms with Crippen molar-refractivity contribution in [3.05, 3.63) is 28.1 Å². The number of ether oxygens (including phenoxy) is 2. The van der Waals surface area contributed by atoms with Crippen molar-refractivity contribution < 1.29 is 45.8 Å². The van der Waals surface area contributed by atoms with Gasteiger partial charge < -0.3 is 9.47 Å². The zero-order chi connectivity index (χ0) is 21.2. The van der Waals surface area contributed by atoms with Crippen molar-refractivity contribution in [1.82, 2.24) is 4.98 Å². The Labute approximate surface area is 150 Å². The average Bonchev–Trinajstić information content (AvgIpc) is 2.57. The Morgan fingerprint density at radius 2 is 1.44 bits per heavy atom. The minimum atomic E-state index is -5.34. The second kappa shape index (κ2) is 7.97. The summed E-state index contributed by atoms with van der Waals surface area (Å²) < 4.78 is 77.0. The van der Waals surface area contributed by atoms with Gasteiger partial charge in [-0.05, 0) is 17.9 Å². The second-order valence-electron chi connectivity index (χ2n) is 5.86. The molecule has 1 aromatic rings. The SMILES string of the molecule is COC(=O)c1c(C(F)(F)F)nc(C(F)(F)C=O)c(C(=O)OC)c1CC(C)C. The molecule has 11 heteroatoms. The lowest BCUT2D eigenvalue weighted by Crippen LogP contribution is -2.30. The van der Waals surface area contributed by atoms with Gasteiger partial charge in [0, 0.05) is 0 Å². The fourth-order valence-electron chi connectivity index (χ4n) is 2.39. The van der Waals surface area contributed by atoms with E-state index in [4.69, 9.17) is 0 Å². The molecule has 0 unspecified atom stereocenters. The highest BCUT2D eigenvalue weighted by Gasteiger charge is 2.47. The quantitative estimate of drug-likeness (QED) is 0.417. The highest BCUT2D eigenvalue weighted by Crippen LogP contribution is 2.39. The van der Waals surface area contributed by atoms with Gasteiger partial charge in [0.25, 0.3) is 0 Å². The molecule has 0 aliphatic heterocycles. The van der Waals surface area contributed by atoms with Crippen molar-refractivity contribution in [2.75, 3.05) is 14.2 Å². The Morgan fingerprint density at radius 1 is 1.00 bits per heavy atom. The number of rotatable bonds is 6. The van der Waals surface area contributed by atoms with Gasteiger partial charge >= 0.3 is 24.0 Å². The van der Waals surface area contributed by atoms with E-state index in [1.54, 1.807) is 0 Å². The molecule has 6 nitrogen and oxygen atoms in total. The number of hydrogen-bond donors (Lipinski definition) is 0. The molecule has 150 valence electrons. The van der Waals surface area contributed by atoms with Crippen molar-refractivity contribution >= 4 is 18.2 Å². The van der Waals surface area contributed by atoms with Crippen molar-refractivity contribution in [2.24, 2.45) is 5.92 Å². The molecule has 0 bridgehead atoms. The van der Waals surface area contributed by atoms with E-state index in [1.165, 1.54) is 13.8 Å². The van der Waals surface area contributed by atoms with Gasteiger partial charge in [0.2, 0.25) is 0 Å². The van der Waals surface area contributed by atoms with Crippen LogP contribution in [0.15, 0.2) is 0 Å². The van der Waals surface area contributed by atoms with Crippen molar-refractivity contribution in [1.29, 1.82) is 0 Å². The fourth-order valence-corrected chi connectivity index (χ4v) is 2.39. The summed E-state index contributed by atoms with van der Waals surface area (Å²) in [5.74, 6) is -7.97. The molecule has 0 aromatic carbocycles. The van der Waals surface area contributed by atoms with Crippen LogP contribution >= 0.6 is 0 Å². The van der Waals surface area contributed by atoms with Gasteiger partial charge in [-0.3, -0.25) is 4.79 Å². The third-order valence-electron chi connectivity index (χ3n) is 3.42. The molecular formula is C16H16F5NO5.